The Labute approximate surface area is 176 Å². The van der Waals surface area contributed by atoms with Crippen LogP contribution in [0, 0.1) is 0 Å². The van der Waals surface area contributed by atoms with Crippen molar-refractivity contribution in [1.82, 2.24) is 15.5 Å². The number of guanidine groups is 1. The second kappa shape index (κ2) is 12.3. The summed E-state index contributed by atoms with van der Waals surface area (Å²) in [5.41, 5.74) is 0.547. The third kappa shape index (κ3) is 7.78. The molecule has 1 aromatic rings. The number of hydrogen-bond donors (Lipinski definition) is 3. The Balaban J connectivity index is 1.83. The molecule has 1 amide bonds. The monoisotopic (exact) mass is 426 g/mol. The van der Waals surface area contributed by atoms with E-state index >= 15 is 0 Å². The van der Waals surface area contributed by atoms with E-state index in [9.17, 15) is 18.7 Å². The molecule has 168 valence electrons. The van der Waals surface area contributed by atoms with Crippen LogP contribution in [0.2, 0.25) is 0 Å². The van der Waals surface area contributed by atoms with Crippen LogP contribution in [-0.2, 0) is 4.79 Å². The number of nitrogens with zero attached hydrogens (tertiary/aromatic N) is 2. The molecule has 0 radical (unpaired) electrons. The number of carbonyl (C=O) groups is 1. The summed E-state index contributed by atoms with van der Waals surface area (Å²) in [7, 11) is 0. The lowest BCUT2D eigenvalue weighted by atomic mass is 10.0. The number of hydrogen-bond acceptors (Lipinski definition) is 4. The van der Waals surface area contributed by atoms with Crippen LogP contribution in [0.3, 0.4) is 0 Å². The molecule has 1 aromatic carbocycles. The van der Waals surface area contributed by atoms with Gasteiger partial charge in [0, 0.05) is 32.1 Å². The van der Waals surface area contributed by atoms with Gasteiger partial charge in [-0.1, -0.05) is 12.1 Å². The summed E-state index contributed by atoms with van der Waals surface area (Å²) >= 11 is 0. The minimum Gasteiger partial charge on any atom is -0.435 e. The number of aliphatic hydroxyl groups excluding tert-OH is 1. The Bertz CT molecular complexity index is 685. The van der Waals surface area contributed by atoms with E-state index in [1.807, 2.05) is 11.8 Å². The molecule has 3 N–H and O–H groups in total. The highest BCUT2D eigenvalue weighted by molar-refractivity contribution is 5.81. The Hall–Kier alpha value is -2.42. The molecule has 0 spiro atoms. The largest absolute Gasteiger partial charge is 0.435 e. The molecule has 2 rings (SSSR count). The van der Waals surface area contributed by atoms with Crippen LogP contribution in [0.25, 0.3) is 0 Å². The summed E-state index contributed by atoms with van der Waals surface area (Å²) in [6, 6.07) is 6.10. The van der Waals surface area contributed by atoms with Gasteiger partial charge in [-0.15, -0.1) is 0 Å². The van der Waals surface area contributed by atoms with Crippen LogP contribution in [0.5, 0.6) is 5.75 Å². The van der Waals surface area contributed by atoms with E-state index < -0.39 is 12.7 Å². The third-order valence-corrected chi connectivity index (χ3v) is 5.01. The van der Waals surface area contributed by atoms with Crippen molar-refractivity contribution in [3.05, 3.63) is 29.8 Å². The molecule has 0 aromatic heterocycles. The van der Waals surface area contributed by atoms with Gasteiger partial charge in [0.15, 0.2) is 5.96 Å². The number of nitrogens with one attached hydrogen (secondary N) is 2. The molecule has 1 aliphatic rings. The predicted octanol–water partition coefficient (Wildman–Crippen LogP) is 2.67. The number of halogens is 2. The zero-order chi connectivity index (χ0) is 21.9. The minimum absolute atomic E-state index is 0.0344. The van der Waals surface area contributed by atoms with E-state index in [1.54, 1.807) is 0 Å². The van der Waals surface area contributed by atoms with Crippen molar-refractivity contribution in [2.75, 3.05) is 26.2 Å². The van der Waals surface area contributed by atoms with E-state index in [-0.39, 0.29) is 18.2 Å². The highest BCUT2D eigenvalue weighted by atomic mass is 19.3. The lowest BCUT2D eigenvalue weighted by Gasteiger charge is -2.33. The topological polar surface area (TPSA) is 86.2 Å². The second-order valence-corrected chi connectivity index (χ2v) is 7.29. The zero-order valence-electron chi connectivity index (χ0n) is 17.6. The summed E-state index contributed by atoms with van der Waals surface area (Å²) in [6.45, 7) is 3.12. The van der Waals surface area contributed by atoms with Crippen LogP contribution in [0.4, 0.5) is 8.78 Å². The van der Waals surface area contributed by atoms with Gasteiger partial charge < -0.3 is 25.4 Å². The van der Waals surface area contributed by atoms with Gasteiger partial charge in [-0.3, -0.25) is 9.79 Å². The Morgan fingerprint density at radius 1 is 1.30 bits per heavy atom. The molecule has 30 heavy (non-hydrogen) atoms. The Kier molecular flexibility index (Phi) is 9.79. The molecule has 0 aliphatic carbocycles. The molecule has 1 fully saturated rings. The molecule has 1 heterocycles. The molecule has 1 saturated heterocycles. The zero-order valence-corrected chi connectivity index (χ0v) is 17.6. The summed E-state index contributed by atoms with van der Waals surface area (Å²) in [5.74, 6) is 0.678. The first-order valence-electron chi connectivity index (χ1n) is 10.4. The van der Waals surface area contributed by atoms with Crippen molar-refractivity contribution in [1.29, 1.82) is 0 Å². The first-order valence-corrected chi connectivity index (χ1v) is 10.4. The molecule has 2 atom stereocenters. The molecular formula is C21H32F2N4O3. The first-order chi connectivity index (χ1) is 14.4. The predicted molar refractivity (Wildman–Crippen MR) is 112 cm³/mol. The summed E-state index contributed by atoms with van der Waals surface area (Å²) in [5, 5.41) is 16.5. The van der Waals surface area contributed by atoms with Crippen LogP contribution in [0.1, 0.15) is 51.2 Å². The van der Waals surface area contributed by atoms with Crippen molar-refractivity contribution in [2.45, 2.75) is 58.3 Å². The third-order valence-electron chi connectivity index (χ3n) is 5.01. The van der Waals surface area contributed by atoms with E-state index in [0.29, 0.717) is 37.1 Å². The minimum atomic E-state index is -2.89. The normalized spacial score (nSPS) is 18.3. The van der Waals surface area contributed by atoms with Crippen molar-refractivity contribution in [3.8, 4) is 5.75 Å². The number of amides is 1. The standard InChI is InChI=1S/C21H32F2N4O3/c1-3-24-21(25-12-11-19(29)27-13-5-4-6-15(27)2)26-14-18(28)16-7-9-17(10-8-16)30-20(22)23/h7-10,15,18,20,28H,3-6,11-14H2,1-2H3,(H2,24,25,26). The molecule has 1 aliphatic heterocycles. The van der Waals surface area contributed by atoms with Crippen molar-refractivity contribution in [3.63, 3.8) is 0 Å². The highest BCUT2D eigenvalue weighted by Crippen LogP contribution is 2.20. The van der Waals surface area contributed by atoms with Gasteiger partial charge in [0.2, 0.25) is 5.91 Å². The molecular weight excluding hydrogens is 394 g/mol. The Morgan fingerprint density at radius 2 is 2.03 bits per heavy atom. The summed E-state index contributed by atoms with van der Waals surface area (Å²) in [4.78, 5) is 18.7. The number of piperidine rings is 1. The molecule has 9 heteroatoms. The number of aliphatic imine (C=N–C) groups is 1. The van der Waals surface area contributed by atoms with E-state index in [0.717, 1.165) is 19.4 Å². The second-order valence-electron chi connectivity index (χ2n) is 7.29. The fourth-order valence-corrected chi connectivity index (χ4v) is 3.40. The maximum atomic E-state index is 12.4. The van der Waals surface area contributed by atoms with Crippen LogP contribution in [-0.4, -0.2) is 60.7 Å². The maximum Gasteiger partial charge on any atom is 0.387 e. The average Bonchev–Trinajstić information content (AvgIpc) is 2.72. The van der Waals surface area contributed by atoms with E-state index in [1.165, 1.54) is 30.7 Å². The van der Waals surface area contributed by atoms with Crippen molar-refractivity contribution >= 4 is 11.9 Å². The summed E-state index contributed by atoms with van der Waals surface area (Å²) < 4.78 is 28.7. The highest BCUT2D eigenvalue weighted by Gasteiger charge is 2.22. The maximum absolute atomic E-state index is 12.4. The molecule has 2 unspecified atom stereocenters. The van der Waals surface area contributed by atoms with Gasteiger partial charge in [0.25, 0.3) is 0 Å². The van der Waals surface area contributed by atoms with Gasteiger partial charge in [0.05, 0.1) is 12.6 Å². The number of carbonyl (C=O) groups excluding carboxylic acids is 1. The summed E-state index contributed by atoms with van der Waals surface area (Å²) in [6.07, 6.45) is 2.77. The number of likely N-dealkylation sites (tertiary alicyclic amines) is 1. The number of benzene rings is 1. The molecule has 7 nitrogen and oxygen atoms in total. The number of ether oxygens (including phenoxy) is 1. The van der Waals surface area contributed by atoms with Crippen LogP contribution in [0.15, 0.2) is 29.3 Å². The fourth-order valence-electron chi connectivity index (χ4n) is 3.40. The number of rotatable bonds is 9. The SMILES string of the molecule is CCNC(=NCC(O)c1ccc(OC(F)F)cc1)NCCC(=O)N1CCCCC1C. The van der Waals surface area contributed by atoms with Gasteiger partial charge in [-0.2, -0.15) is 8.78 Å². The van der Waals surface area contributed by atoms with Crippen molar-refractivity contribution in [2.24, 2.45) is 4.99 Å². The molecule has 0 bridgehead atoms. The van der Waals surface area contributed by atoms with Gasteiger partial charge in [-0.25, -0.2) is 0 Å². The number of alkyl halides is 2. The molecule has 0 saturated carbocycles. The number of aliphatic hydroxyl groups is 1. The van der Waals surface area contributed by atoms with Gasteiger partial charge in [-0.05, 0) is 50.8 Å². The van der Waals surface area contributed by atoms with E-state index in [2.05, 4.69) is 27.3 Å². The lowest BCUT2D eigenvalue weighted by Crippen LogP contribution is -2.44. The average molecular weight is 427 g/mol. The smallest absolute Gasteiger partial charge is 0.387 e. The van der Waals surface area contributed by atoms with Crippen LogP contribution < -0.4 is 15.4 Å². The Morgan fingerprint density at radius 3 is 2.67 bits per heavy atom. The van der Waals surface area contributed by atoms with Gasteiger partial charge in [0.1, 0.15) is 5.75 Å². The quantitative estimate of drug-likeness (QED) is 0.418. The van der Waals surface area contributed by atoms with Crippen LogP contribution >= 0.6 is 0 Å². The fraction of sp³-hybridized carbons (Fsp3) is 0.619. The lowest BCUT2D eigenvalue weighted by molar-refractivity contribution is -0.134. The first kappa shape index (κ1) is 23.9. The van der Waals surface area contributed by atoms with Crippen molar-refractivity contribution < 1.29 is 23.4 Å². The van der Waals surface area contributed by atoms with E-state index in [4.69, 9.17) is 0 Å². The van der Waals surface area contributed by atoms with Gasteiger partial charge >= 0.3 is 6.61 Å².